The highest BCUT2D eigenvalue weighted by atomic mass is 35.5. The lowest BCUT2D eigenvalue weighted by Gasteiger charge is -2.10. The first-order valence-corrected chi connectivity index (χ1v) is 7.72. The third kappa shape index (κ3) is 4.20. The van der Waals surface area contributed by atoms with Crippen molar-refractivity contribution in [3.05, 3.63) is 76.9 Å². The molecule has 0 saturated carbocycles. The van der Waals surface area contributed by atoms with Crippen LogP contribution in [0.2, 0.25) is 5.02 Å². The largest absolute Gasteiger partial charge is 0.366 e. The number of hydrogen-bond acceptors (Lipinski definition) is 4. The highest BCUT2D eigenvalue weighted by Gasteiger charge is 2.02. The minimum Gasteiger partial charge on any atom is -0.366 e. The summed E-state index contributed by atoms with van der Waals surface area (Å²) in [5, 5.41) is 7.14. The molecule has 1 aromatic heterocycles. The van der Waals surface area contributed by atoms with Crippen LogP contribution in [0.15, 0.2) is 60.8 Å². The Hall–Kier alpha value is -2.59. The van der Waals surface area contributed by atoms with Gasteiger partial charge in [0.2, 0.25) is 5.95 Å². The molecular formula is C18H17ClN4. The number of benzene rings is 2. The topological polar surface area (TPSA) is 49.8 Å². The van der Waals surface area contributed by atoms with E-state index >= 15 is 0 Å². The summed E-state index contributed by atoms with van der Waals surface area (Å²) in [6.45, 7) is 2.82. The van der Waals surface area contributed by atoms with Crippen molar-refractivity contribution < 1.29 is 0 Å². The fourth-order valence-electron chi connectivity index (χ4n) is 2.21. The van der Waals surface area contributed by atoms with Gasteiger partial charge >= 0.3 is 0 Å². The van der Waals surface area contributed by atoms with E-state index in [-0.39, 0.29) is 0 Å². The Morgan fingerprint density at radius 1 is 1.04 bits per heavy atom. The fraction of sp³-hybridized carbons (Fsp3) is 0.111. The Kier molecular flexibility index (Phi) is 4.74. The SMILES string of the molecule is Cc1ccccc1CNc1ccnc(Nc2cccc(Cl)c2)n1. The number of aromatic nitrogens is 2. The highest BCUT2D eigenvalue weighted by Crippen LogP contribution is 2.18. The summed E-state index contributed by atoms with van der Waals surface area (Å²) in [4.78, 5) is 8.70. The van der Waals surface area contributed by atoms with Crippen LogP contribution >= 0.6 is 11.6 Å². The number of nitrogens with one attached hydrogen (secondary N) is 2. The molecule has 4 nitrogen and oxygen atoms in total. The van der Waals surface area contributed by atoms with Crippen LogP contribution in [0.4, 0.5) is 17.5 Å². The molecule has 1 heterocycles. The molecular weight excluding hydrogens is 308 g/mol. The van der Waals surface area contributed by atoms with Crippen molar-refractivity contribution in [2.75, 3.05) is 10.6 Å². The van der Waals surface area contributed by atoms with E-state index in [1.165, 1.54) is 11.1 Å². The lowest BCUT2D eigenvalue weighted by Crippen LogP contribution is -2.05. The maximum absolute atomic E-state index is 5.98. The van der Waals surface area contributed by atoms with Gasteiger partial charge in [-0.05, 0) is 42.3 Å². The number of halogens is 1. The molecule has 116 valence electrons. The summed E-state index contributed by atoms with van der Waals surface area (Å²) in [6.07, 6.45) is 1.72. The summed E-state index contributed by atoms with van der Waals surface area (Å²) in [6, 6.07) is 17.6. The van der Waals surface area contributed by atoms with Crippen LogP contribution in [-0.2, 0) is 6.54 Å². The van der Waals surface area contributed by atoms with Crippen molar-refractivity contribution in [3.8, 4) is 0 Å². The van der Waals surface area contributed by atoms with E-state index in [1.54, 1.807) is 6.20 Å². The Labute approximate surface area is 140 Å². The van der Waals surface area contributed by atoms with Crippen LogP contribution in [0.3, 0.4) is 0 Å². The second kappa shape index (κ2) is 7.11. The van der Waals surface area contributed by atoms with Crippen molar-refractivity contribution in [2.45, 2.75) is 13.5 Å². The molecule has 2 aromatic carbocycles. The molecule has 0 fully saturated rings. The number of nitrogens with zero attached hydrogens (tertiary/aromatic N) is 2. The summed E-state index contributed by atoms with van der Waals surface area (Å²) in [5.41, 5.74) is 3.36. The zero-order valence-electron chi connectivity index (χ0n) is 12.8. The van der Waals surface area contributed by atoms with Crippen LogP contribution in [0.25, 0.3) is 0 Å². The van der Waals surface area contributed by atoms with Crippen molar-refractivity contribution in [3.63, 3.8) is 0 Å². The first-order chi connectivity index (χ1) is 11.2. The Morgan fingerprint density at radius 3 is 2.74 bits per heavy atom. The van der Waals surface area contributed by atoms with E-state index < -0.39 is 0 Å². The lowest BCUT2D eigenvalue weighted by molar-refractivity contribution is 1.07. The zero-order valence-corrected chi connectivity index (χ0v) is 13.5. The van der Waals surface area contributed by atoms with Crippen LogP contribution in [0.1, 0.15) is 11.1 Å². The van der Waals surface area contributed by atoms with Gasteiger partial charge in [0, 0.05) is 23.5 Å². The smallest absolute Gasteiger partial charge is 0.229 e. The maximum Gasteiger partial charge on any atom is 0.229 e. The average molecular weight is 325 g/mol. The predicted molar refractivity (Wildman–Crippen MR) is 95.3 cm³/mol. The van der Waals surface area contributed by atoms with Gasteiger partial charge in [-0.25, -0.2) is 4.98 Å². The van der Waals surface area contributed by atoms with Gasteiger partial charge in [0.25, 0.3) is 0 Å². The first-order valence-electron chi connectivity index (χ1n) is 7.35. The van der Waals surface area contributed by atoms with Crippen LogP contribution < -0.4 is 10.6 Å². The Bertz CT molecular complexity index is 804. The van der Waals surface area contributed by atoms with Gasteiger partial charge in [-0.15, -0.1) is 0 Å². The normalized spacial score (nSPS) is 10.3. The van der Waals surface area contributed by atoms with E-state index in [4.69, 9.17) is 11.6 Å². The van der Waals surface area contributed by atoms with Crippen LogP contribution in [0, 0.1) is 6.92 Å². The summed E-state index contributed by atoms with van der Waals surface area (Å²) in [5.74, 6) is 1.30. The molecule has 0 amide bonds. The van der Waals surface area contributed by atoms with Crippen molar-refractivity contribution in [1.29, 1.82) is 0 Å². The van der Waals surface area contributed by atoms with Crippen molar-refractivity contribution >= 4 is 29.1 Å². The van der Waals surface area contributed by atoms with E-state index in [9.17, 15) is 0 Å². The first kappa shape index (κ1) is 15.3. The van der Waals surface area contributed by atoms with Gasteiger partial charge in [-0.2, -0.15) is 4.98 Å². The summed E-state index contributed by atoms with van der Waals surface area (Å²) >= 11 is 5.98. The molecule has 0 atom stereocenters. The predicted octanol–water partition coefficient (Wildman–Crippen LogP) is 4.79. The van der Waals surface area contributed by atoms with Crippen molar-refractivity contribution in [2.24, 2.45) is 0 Å². The zero-order chi connectivity index (χ0) is 16.1. The average Bonchev–Trinajstić information content (AvgIpc) is 2.54. The number of aryl methyl sites for hydroxylation is 1. The second-order valence-corrected chi connectivity index (χ2v) is 5.62. The molecule has 0 bridgehead atoms. The molecule has 0 unspecified atom stereocenters. The minimum atomic E-state index is 0.530. The molecule has 0 spiro atoms. The Morgan fingerprint density at radius 2 is 1.91 bits per heavy atom. The Balaban J connectivity index is 1.69. The van der Waals surface area contributed by atoms with Gasteiger partial charge in [0.15, 0.2) is 0 Å². The third-order valence-electron chi connectivity index (χ3n) is 3.46. The molecule has 2 N–H and O–H groups in total. The van der Waals surface area contributed by atoms with Crippen LogP contribution in [-0.4, -0.2) is 9.97 Å². The fourth-order valence-corrected chi connectivity index (χ4v) is 2.40. The van der Waals surface area contributed by atoms with E-state index in [2.05, 4.69) is 39.7 Å². The summed E-state index contributed by atoms with van der Waals surface area (Å²) in [7, 11) is 0. The quantitative estimate of drug-likeness (QED) is 0.708. The van der Waals surface area contributed by atoms with E-state index in [0.717, 1.165) is 18.1 Å². The lowest BCUT2D eigenvalue weighted by atomic mass is 10.1. The molecule has 0 aliphatic heterocycles. The van der Waals surface area contributed by atoms with E-state index in [1.807, 2.05) is 42.5 Å². The maximum atomic E-state index is 5.98. The molecule has 3 rings (SSSR count). The van der Waals surface area contributed by atoms with Gasteiger partial charge in [-0.3, -0.25) is 0 Å². The molecule has 5 heteroatoms. The molecule has 0 radical (unpaired) electrons. The van der Waals surface area contributed by atoms with Crippen LogP contribution in [0.5, 0.6) is 0 Å². The third-order valence-corrected chi connectivity index (χ3v) is 3.69. The highest BCUT2D eigenvalue weighted by molar-refractivity contribution is 6.30. The van der Waals surface area contributed by atoms with Gasteiger partial charge in [-0.1, -0.05) is 41.9 Å². The number of rotatable bonds is 5. The van der Waals surface area contributed by atoms with Crippen molar-refractivity contribution in [1.82, 2.24) is 9.97 Å². The standard InChI is InChI=1S/C18H17ClN4/c1-13-5-2-3-6-14(13)12-21-17-9-10-20-18(23-17)22-16-8-4-7-15(19)11-16/h2-11H,12H2,1H3,(H2,20,21,22,23). The van der Waals surface area contributed by atoms with Gasteiger partial charge in [0.1, 0.15) is 5.82 Å². The number of hydrogen-bond donors (Lipinski definition) is 2. The molecule has 23 heavy (non-hydrogen) atoms. The molecule has 3 aromatic rings. The minimum absolute atomic E-state index is 0.530. The van der Waals surface area contributed by atoms with Gasteiger partial charge in [0.05, 0.1) is 0 Å². The summed E-state index contributed by atoms with van der Waals surface area (Å²) < 4.78 is 0. The van der Waals surface area contributed by atoms with Gasteiger partial charge < -0.3 is 10.6 Å². The molecule has 0 saturated heterocycles. The molecule has 0 aliphatic rings. The molecule has 0 aliphatic carbocycles. The number of anilines is 3. The monoisotopic (exact) mass is 324 g/mol. The van der Waals surface area contributed by atoms with E-state index in [0.29, 0.717) is 11.0 Å². The second-order valence-electron chi connectivity index (χ2n) is 5.18.